The zero-order chi connectivity index (χ0) is 28.4. The Labute approximate surface area is 258 Å². The SMILES string of the molecule is CC1C=c2c(c3c4ccccc4c4c(sc5ccc6ccccc6c54)c3n2-c2nc3sc4ccccc4c3nc2Cl)=CC1. The van der Waals surface area contributed by atoms with Crippen molar-refractivity contribution in [2.24, 2.45) is 5.92 Å². The van der Waals surface area contributed by atoms with Gasteiger partial charge in [-0.2, -0.15) is 0 Å². The Bertz CT molecular complexity index is 2800. The van der Waals surface area contributed by atoms with Gasteiger partial charge < -0.3 is 0 Å². The minimum Gasteiger partial charge on any atom is -0.290 e. The monoisotopic (exact) mass is 607 g/mol. The lowest BCUT2D eigenvalue weighted by Crippen LogP contribution is -2.32. The number of rotatable bonds is 1. The standard InChI is InChI=1S/C37H22ClN3S2/c1-19-14-16-24-26(18-19)41(36-35(38)39-32-25-12-6-7-13-27(25)43-37(32)40-36)33-29(24)22-10-4-5-11-23(22)31-30-21-9-3-2-8-20(21)15-17-28(30)42-34(31)33/h2-13,15-19H,14H2,1H3. The van der Waals surface area contributed by atoms with Crippen molar-refractivity contribution in [3.05, 3.63) is 101 Å². The van der Waals surface area contributed by atoms with Crippen LogP contribution in [0.15, 0.2) is 84.9 Å². The third-order valence-electron chi connectivity index (χ3n) is 9.01. The summed E-state index contributed by atoms with van der Waals surface area (Å²) in [7, 11) is 0. The average molecular weight is 608 g/mol. The Hall–Kier alpha value is -4.29. The Morgan fingerprint density at radius 2 is 1.49 bits per heavy atom. The van der Waals surface area contributed by atoms with Crippen LogP contribution in [0.2, 0.25) is 5.15 Å². The highest BCUT2D eigenvalue weighted by molar-refractivity contribution is 7.27. The summed E-state index contributed by atoms with van der Waals surface area (Å²) in [5, 5.41) is 12.9. The van der Waals surface area contributed by atoms with Crippen molar-refractivity contribution in [1.29, 1.82) is 0 Å². The zero-order valence-corrected chi connectivity index (χ0v) is 25.4. The van der Waals surface area contributed by atoms with Crippen molar-refractivity contribution < 1.29 is 0 Å². The fraction of sp³-hybridized carbons (Fsp3) is 0.0811. The summed E-state index contributed by atoms with van der Waals surface area (Å²) in [5.74, 6) is 1.10. The number of nitrogens with zero attached hydrogens (tertiary/aromatic N) is 3. The summed E-state index contributed by atoms with van der Waals surface area (Å²) in [6, 6.07) is 30.5. The molecule has 43 heavy (non-hydrogen) atoms. The first-order valence-electron chi connectivity index (χ1n) is 14.5. The number of halogens is 1. The molecule has 0 fully saturated rings. The first kappa shape index (κ1) is 24.2. The molecule has 4 heterocycles. The van der Waals surface area contributed by atoms with Gasteiger partial charge >= 0.3 is 0 Å². The highest BCUT2D eigenvalue weighted by Crippen LogP contribution is 2.46. The van der Waals surface area contributed by atoms with Gasteiger partial charge in [-0.25, -0.2) is 9.97 Å². The second-order valence-corrected chi connectivity index (χ2v) is 14.0. The van der Waals surface area contributed by atoms with E-state index < -0.39 is 0 Å². The summed E-state index contributed by atoms with van der Waals surface area (Å²) in [5.41, 5.74) is 2.04. The predicted molar refractivity (Wildman–Crippen MR) is 187 cm³/mol. The molecule has 1 atom stereocenters. The first-order chi connectivity index (χ1) is 21.2. The van der Waals surface area contributed by atoms with Gasteiger partial charge in [-0.15, -0.1) is 22.7 Å². The van der Waals surface area contributed by atoms with E-state index >= 15 is 0 Å². The first-order valence-corrected chi connectivity index (χ1v) is 16.5. The molecule has 1 aliphatic carbocycles. The Morgan fingerprint density at radius 1 is 0.744 bits per heavy atom. The zero-order valence-electron chi connectivity index (χ0n) is 23.1. The van der Waals surface area contributed by atoms with Crippen molar-refractivity contribution in [3.63, 3.8) is 0 Å². The molecule has 3 nitrogen and oxygen atoms in total. The third kappa shape index (κ3) is 3.19. The fourth-order valence-electron chi connectivity index (χ4n) is 7.18. The summed E-state index contributed by atoms with van der Waals surface area (Å²) >= 11 is 10.7. The quantitative estimate of drug-likeness (QED) is 0.186. The largest absolute Gasteiger partial charge is 0.290 e. The molecule has 204 valence electrons. The van der Waals surface area contributed by atoms with Crippen molar-refractivity contribution in [2.75, 3.05) is 0 Å². The van der Waals surface area contributed by atoms with E-state index in [-0.39, 0.29) is 0 Å². The van der Waals surface area contributed by atoms with Gasteiger partial charge in [0, 0.05) is 36.2 Å². The molecule has 0 saturated carbocycles. The number of thiophene rings is 2. The molecule has 0 radical (unpaired) electrons. The predicted octanol–water partition coefficient (Wildman–Crippen LogP) is 9.72. The molecule has 0 amide bonds. The third-order valence-corrected chi connectivity index (χ3v) is 11.5. The van der Waals surface area contributed by atoms with Gasteiger partial charge in [-0.1, -0.05) is 103 Å². The molecule has 0 N–H and O–H groups in total. The van der Waals surface area contributed by atoms with E-state index in [2.05, 4.69) is 103 Å². The van der Waals surface area contributed by atoms with Gasteiger partial charge in [-0.3, -0.25) is 4.57 Å². The maximum atomic E-state index is 7.15. The Balaban J connectivity index is 1.48. The van der Waals surface area contributed by atoms with Gasteiger partial charge in [0.2, 0.25) is 0 Å². The number of benzene rings is 5. The Kier molecular flexibility index (Phi) is 4.86. The molecule has 5 aromatic carbocycles. The van der Waals surface area contributed by atoms with Crippen molar-refractivity contribution in [3.8, 4) is 5.82 Å². The molecule has 4 aromatic heterocycles. The molecule has 6 heteroatoms. The smallest absolute Gasteiger partial charge is 0.177 e. The molecule has 9 aromatic rings. The maximum absolute atomic E-state index is 7.15. The summed E-state index contributed by atoms with van der Waals surface area (Å²) in [4.78, 5) is 11.2. The molecule has 10 rings (SSSR count). The van der Waals surface area contributed by atoms with Crippen LogP contribution in [0.4, 0.5) is 0 Å². The summed E-state index contributed by atoms with van der Waals surface area (Å²) < 4.78 is 6.04. The van der Waals surface area contributed by atoms with Crippen molar-refractivity contribution in [2.45, 2.75) is 13.3 Å². The highest BCUT2D eigenvalue weighted by Gasteiger charge is 2.25. The van der Waals surface area contributed by atoms with E-state index in [4.69, 9.17) is 21.6 Å². The van der Waals surface area contributed by atoms with Crippen molar-refractivity contribution >= 4 is 119 Å². The van der Waals surface area contributed by atoms with E-state index in [1.807, 2.05) is 17.4 Å². The molecule has 0 spiro atoms. The molecular formula is C37H22ClN3S2. The van der Waals surface area contributed by atoms with E-state index in [0.29, 0.717) is 16.9 Å². The lowest BCUT2D eigenvalue weighted by molar-refractivity contribution is 0.791. The van der Waals surface area contributed by atoms with E-state index in [9.17, 15) is 0 Å². The second-order valence-electron chi connectivity index (χ2n) is 11.5. The van der Waals surface area contributed by atoms with E-state index in [0.717, 1.165) is 27.5 Å². The van der Waals surface area contributed by atoms with E-state index in [1.165, 1.54) is 62.5 Å². The highest BCUT2D eigenvalue weighted by atomic mass is 35.5. The topological polar surface area (TPSA) is 30.7 Å². The molecular weight excluding hydrogens is 586 g/mol. The van der Waals surface area contributed by atoms with Crippen LogP contribution in [0, 0.1) is 5.92 Å². The van der Waals surface area contributed by atoms with Crippen LogP contribution in [0.3, 0.4) is 0 Å². The molecule has 0 saturated heterocycles. The maximum Gasteiger partial charge on any atom is 0.177 e. The lowest BCUT2D eigenvalue weighted by atomic mass is 9.96. The fourth-order valence-corrected chi connectivity index (χ4v) is 9.68. The minimum atomic E-state index is 0.406. The van der Waals surface area contributed by atoms with Crippen LogP contribution in [0.1, 0.15) is 13.3 Å². The van der Waals surface area contributed by atoms with Crippen LogP contribution in [-0.4, -0.2) is 14.5 Å². The molecule has 0 aliphatic heterocycles. The normalized spacial score (nSPS) is 15.3. The second kappa shape index (κ2) is 8.64. The number of fused-ring (bicyclic) bond motifs is 15. The van der Waals surface area contributed by atoms with Gasteiger partial charge in [0.15, 0.2) is 11.0 Å². The summed E-state index contributed by atoms with van der Waals surface area (Å²) in [6.07, 6.45) is 5.81. The Morgan fingerprint density at radius 3 is 2.35 bits per heavy atom. The average Bonchev–Trinajstić information content (AvgIpc) is 3.70. The molecule has 0 bridgehead atoms. The minimum absolute atomic E-state index is 0.406. The van der Waals surface area contributed by atoms with Crippen LogP contribution in [0.5, 0.6) is 0 Å². The van der Waals surface area contributed by atoms with Crippen LogP contribution in [0.25, 0.3) is 91.0 Å². The lowest BCUT2D eigenvalue weighted by Gasteiger charge is -2.11. The number of aromatic nitrogens is 3. The number of hydrogen-bond donors (Lipinski definition) is 0. The van der Waals surface area contributed by atoms with E-state index in [1.54, 1.807) is 11.3 Å². The number of hydrogen-bond acceptors (Lipinski definition) is 4. The van der Waals surface area contributed by atoms with Crippen LogP contribution >= 0.6 is 34.3 Å². The van der Waals surface area contributed by atoms with Crippen molar-refractivity contribution in [1.82, 2.24) is 14.5 Å². The summed E-state index contributed by atoms with van der Waals surface area (Å²) in [6.45, 7) is 2.28. The van der Waals surface area contributed by atoms with Crippen LogP contribution < -0.4 is 10.6 Å². The van der Waals surface area contributed by atoms with Gasteiger partial charge in [0.25, 0.3) is 0 Å². The van der Waals surface area contributed by atoms with Gasteiger partial charge in [-0.05, 0) is 46.0 Å². The van der Waals surface area contributed by atoms with Crippen LogP contribution in [-0.2, 0) is 0 Å². The van der Waals surface area contributed by atoms with Gasteiger partial charge in [0.1, 0.15) is 10.3 Å². The molecule has 1 unspecified atom stereocenters. The molecule has 1 aliphatic rings. The van der Waals surface area contributed by atoms with Gasteiger partial charge in [0.05, 0.1) is 15.6 Å².